The molecule has 2 saturated heterocycles. The van der Waals surface area contributed by atoms with Crippen LogP contribution in [0.15, 0.2) is 18.2 Å². The molecule has 2 aliphatic heterocycles. The SMILES string of the molecule is NC1CC2CCC(C1)N2C(=O)c1ccc(Cl)cc1O. The summed E-state index contributed by atoms with van der Waals surface area (Å²) in [5, 5.41) is 10.3. The summed E-state index contributed by atoms with van der Waals surface area (Å²) in [6.07, 6.45) is 3.74. The summed E-state index contributed by atoms with van der Waals surface area (Å²) in [6, 6.07) is 5.26. The van der Waals surface area contributed by atoms with Crippen molar-refractivity contribution in [2.75, 3.05) is 0 Å². The van der Waals surface area contributed by atoms with E-state index in [9.17, 15) is 9.90 Å². The first kappa shape index (κ1) is 12.8. The second-order valence-electron chi connectivity index (χ2n) is 5.49. The summed E-state index contributed by atoms with van der Waals surface area (Å²) in [5.41, 5.74) is 6.33. The molecular weight excluding hydrogens is 264 g/mol. The normalized spacial score (nSPS) is 29.6. The highest BCUT2D eigenvalue weighted by Gasteiger charge is 2.42. The number of halogens is 1. The van der Waals surface area contributed by atoms with Crippen LogP contribution in [-0.2, 0) is 0 Å². The van der Waals surface area contributed by atoms with Gasteiger partial charge in [-0.25, -0.2) is 0 Å². The number of fused-ring (bicyclic) bond motifs is 2. The Morgan fingerprint density at radius 1 is 1.32 bits per heavy atom. The lowest BCUT2D eigenvalue weighted by molar-refractivity contribution is 0.0572. The topological polar surface area (TPSA) is 66.6 Å². The fourth-order valence-electron chi connectivity index (χ4n) is 3.38. The lowest BCUT2D eigenvalue weighted by Crippen LogP contribution is -2.50. The maximum absolute atomic E-state index is 12.6. The molecule has 3 N–H and O–H groups in total. The van der Waals surface area contributed by atoms with E-state index in [1.54, 1.807) is 12.1 Å². The van der Waals surface area contributed by atoms with Gasteiger partial charge in [0.1, 0.15) is 5.75 Å². The van der Waals surface area contributed by atoms with Crippen LogP contribution in [0.5, 0.6) is 5.75 Å². The van der Waals surface area contributed by atoms with Gasteiger partial charge in [0.2, 0.25) is 0 Å². The number of hydrogen-bond acceptors (Lipinski definition) is 3. The molecule has 3 rings (SSSR count). The molecule has 102 valence electrons. The van der Waals surface area contributed by atoms with Crippen LogP contribution in [0.25, 0.3) is 0 Å². The van der Waals surface area contributed by atoms with E-state index in [4.69, 9.17) is 17.3 Å². The molecule has 1 aromatic rings. The molecule has 5 heteroatoms. The maximum atomic E-state index is 12.6. The van der Waals surface area contributed by atoms with Crippen LogP contribution in [0.1, 0.15) is 36.0 Å². The van der Waals surface area contributed by atoms with Gasteiger partial charge in [-0.05, 0) is 43.9 Å². The minimum Gasteiger partial charge on any atom is -0.507 e. The molecule has 4 nitrogen and oxygen atoms in total. The van der Waals surface area contributed by atoms with Crippen molar-refractivity contribution in [2.45, 2.75) is 43.8 Å². The minimum atomic E-state index is -0.103. The number of hydrogen-bond donors (Lipinski definition) is 2. The molecule has 1 aromatic carbocycles. The first-order valence-corrected chi connectivity index (χ1v) is 7.01. The van der Waals surface area contributed by atoms with E-state index in [-0.39, 0.29) is 29.8 Å². The number of aromatic hydroxyl groups is 1. The van der Waals surface area contributed by atoms with Gasteiger partial charge in [0.05, 0.1) is 5.56 Å². The molecule has 2 unspecified atom stereocenters. The number of benzene rings is 1. The van der Waals surface area contributed by atoms with Gasteiger partial charge in [0.15, 0.2) is 0 Å². The van der Waals surface area contributed by atoms with Crippen LogP contribution in [-0.4, -0.2) is 34.0 Å². The van der Waals surface area contributed by atoms with Crippen molar-refractivity contribution in [1.29, 1.82) is 0 Å². The molecule has 0 spiro atoms. The van der Waals surface area contributed by atoms with Crippen LogP contribution in [0.2, 0.25) is 5.02 Å². The van der Waals surface area contributed by atoms with E-state index < -0.39 is 0 Å². The zero-order valence-electron chi connectivity index (χ0n) is 10.6. The zero-order valence-corrected chi connectivity index (χ0v) is 11.3. The number of amides is 1. The van der Waals surface area contributed by atoms with Gasteiger partial charge in [-0.1, -0.05) is 11.6 Å². The number of rotatable bonds is 1. The average molecular weight is 281 g/mol. The summed E-state index contributed by atoms with van der Waals surface area (Å²) >= 11 is 5.79. The lowest BCUT2D eigenvalue weighted by atomic mass is 9.97. The summed E-state index contributed by atoms with van der Waals surface area (Å²) in [5.74, 6) is -0.152. The molecule has 2 atom stereocenters. The average Bonchev–Trinajstić information content (AvgIpc) is 2.61. The highest BCUT2D eigenvalue weighted by Crippen LogP contribution is 2.37. The minimum absolute atomic E-state index is 0.0493. The molecule has 1 amide bonds. The van der Waals surface area contributed by atoms with Crippen molar-refractivity contribution >= 4 is 17.5 Å². The first-order valence-electron chi connectivity index (χ1n) is 6.63. The Hall–Kier alpha value is -1.26. The molecule has 0 aliphatic carbocycles. The Kier molecular flexibility index (Phi) is 3.15. The standard InChI is InChI=1S/C14H17ClN2O2/c15-8-1-4-12(13(18)5-8)14(19)17-10-2-3-11(17)7-9(16)6-10/h1,4-5,9-11,18H,2-3,6-7,16H2. The summed E-state index contributed by atoms with van der Waals surface area (Å²) in [4.78, 5) is 14.5. The summed E-state index contributed by atoms with van der Waals surface area (Å²) < 4.78 is 0. The molecule has 2 bridgehead atoms. The van der Waals surface area contributed by atoms with E-state index in [2.05, 4.69) is 0 Å². The monoisotopic (exact) mass is 280 g/mol. The van der Waals surface area contributed by atoms with Gasteiger partial charge in [-0.2, -0.15) is 0 Å². The van der Waals surface area contributed by atoms with E-state index in [0.717, 1.165) is 25.7 Å². The Morgan fingerprint density at radius 2 is 1.95 bits per heavy atom. The van der Waals surface area contributed by atoms with Crippen LogP contribution >= 0.6 is 11.6 Å². The second kappa shape index (κ2) is 4.69. The van der Waals surface area contributed by atoms with Crippen LogP contribution < -0.4 is 5.73 Å². The highest BCUT2D eigenvalue weighted by molar-refractivity contribution is 6.30. The van der Waals surface area contributed by atoms with Crippen molar-refractivity contribution in [3.8, 4) is 5.75 Å². The molecule has 0 saturated carbocycles. The van der Waals surface area contributed by atoms with Gasteiger partial charge in [0, 0.05) is 23.1 Å². The Labute approximate surface area is 117 Å². The third-order valence-corrected chi connectivity index (χ3v) is 4.43. The fourth-order valence-corrected chi connectivity index (χ4v) is 3.54. The van der Waals surface area contributed by atoms with Crippen molar-refractivity contribution < 1.29 is 9.90 Å². The van der Waals surface area contributed by atoms with Gasteiger partial charge in [-0.15, -0.1) is 0 Å². The largest absolute Gasteiger partial charge is 0.507 e. The Morgan fingerprint density at radius 3 is 2.53 bits per heavy atom. The molecule has 2 heterocycles. The third kappa shape index (κ3) is 2.19. The number of nitrogens with zero attached hydrogens (tertiary/aromatic N) is 1. The molecular formula is C14H17ClN2O2. The second-order valence-corrected chi connectivity index (χ2v) is 5.93. The predicted octanol–water partition coefficient (Wildman–Crippen LogP) is 2.14. The number of piperidine rings is 1. The summed E-state index contributed by atoms with van der Waals surface area (Å²) in [7, 11) is 0. The van der Waals surface area contributed by atoms with E-state index >= 15 is 0 Å². The molecule has 2 aliphatic rings. The fraction of sp³-hybridized carbons (Fsp3) is 0.500. The van der Waals surface area contributed by atoms with E-state index in [1.807, 2.05) is 4.90 Å². The molecule has 19 heavy (non-hydrogen) atoms. The third-order valence-electron chi connectivity index (χ3n) is 4.19. The Bertz CT molecular complexity index is 506. The number of phenols is 1. The van der Waals surface area contributed by atoms with Crippen molar-refractivity contribution in [2.24, 2.45) is 5.73 Å². The lowest BCUT2D eigenvalue weighted by Gasteiger charge is -2.37. The highest BCUT2D eigenvalue weighted by atomic mass is 35.5. The molecule has 2 fully saturated rings. The quantitative estimate of drug-likeness (QED) is 0.828. The van der Waals surface area contributed by atoms with Crippen molar-refractivity contribution in [3.05, 3.63) is 28.8 Å². The molecule has 0 radical (unpaired) electrons. The number of carbonyl (C=O) groups is 1. The predicted molar refractivity (Wildman–Crippen MR) is 73.3 cm³/mol. The van der Waals surface area contributed by atoms with Gasteiger partial charge in [-0.3, -0.25) is 4.79 Å². The van der Waals surface area contributed by atoms with E-state index in [0.29, 0.717) is 10.6 Å². The Balaban J connectivity index is 1.88. The van der Waals surface area contributed by atoms with Crippen LogP contribution in [0.4, 0.5) is 0 Å². The molecule has 0 aromatic heterocycles. The maximum Gasteiger partial charge on any atom is 0.258 e. The van der Waals surface area contributed by atoms with Gasteiger partial charge < -0.3 is 15.7 Å². The van der Waals surface area contributed by atoms with Crippen molar-refractivity contribution in [1.82, 2.24) is 4.90 Å². The van der Waals surface area contributed by atoms with Gasteiger partial charge in [0.25, 0.3) is 5.91 Å². The smallest absolute Gasteiger partial charge is 0.258 e. The van der Waals surface area contributed by atoms with Crippen LogP contribution in [0, 0.1) is 0 Å². The van der Waals surface area contributed by atoms with Gasteiger partial charge >= 0.3 is 0 Å². The zero-order chi connectivity index (χ0) is 13.6. The number of carbonyl (C=O) groups excluding carboxylic acids is 1. The van der Waals surface area contributed by atoms with Crippen molar-refractivity contribution in [3.63, 3.8) is 0 Å². The first-order chi connectivity index (χ1) is 9.06. The van der Waals surface area contributed by atoms with Crippen LogP contribution in [0.3, 0.4) is 0 Å². The van der Waals surface area contributed by atoms with E-state index in [1.165, 1.54) is 6.07 Å². The summed E-state index contributed by atoms with van der Waals surface area (Å²) in [6.45, 7) is 0. The number of phenolic OH excluding ortho intramolecular Hbond substituents is 1. The number of nitrogens with two attached hydrogens (primary N) is 1.